The number of rotatable bonds is 2. The summed E-state index contributed by atoms with van der Waals surface area (Å²) >= 11 is 1.85. The Morgan fingerprint density at radius 3 is 2.07 bits per heavy atom. The van der Waals surface area contributed by atoms with Gasteiger partial charge in [0.15, 0.2) is 0 Å². The molecule has 0 amide bonds. The summed E-state index contributed by atoms with van der Waals surface area (Å²) in [6, 6.07) is 46.0. The lowest BCUT2D eigenvalue weighted by Crippen LogP contribution is -2.18. The van der Waals surface area contributed by atoms with Gasteiger partial charge in [-0.1, -0.05) is 111 Å². The lowest BCUT2D eigenvalue weighted by molar-refractivity contribution is 0.657. The first kappa shape index (κ1) is 25.1. The quantitative estimate of drug-likeness (QED) is 0.200. The Morgan fingerprint density at radius 2 is 1.20 bits per heavy atom. The predicted octanol–water partition coefficient (Wildman–Crippen LogP) is 11.1. The number of hydrogen-bond acceptors (Lipinski definition) is 3. The summed E-state index contributed by atoms with van der Waals surface area (Å²) in [5.74, 6) is 0.703. The van der Waals surface area contributed by atoms with Crippen molar-refractivity contribution in [3.63, 3.8) is 0 Å². The van der Waals surface area contributed by atoms with Gasteiger partial charge < -0.3 is 0 Å². The maximum atomic E-state index is 5.61. The highest BCUT2D eigenvalue weighted by molar-refractivity contribution is 7.25. The largest absolute Gasteiger partial charge is 0.278 e. The first-order valence-corrected chi connectivity index (χ1v) is 16.2. The second-order valence-corrected chi connectivity index (χ2v) is 13.7. The van der Waals surface area contributed by atoms with Crippen LogP contribution in [0.3, 0.4) is 0 Å². The molecule has 0 spiro atoms. The fourth-order valence-corrected chi connectivity index (χ4v) is 8.87. The molecule has 45 heavy (non-hydrogen) atoms. The molecule has 3 nitrogen and oxygen atoms in total. The Kier molecular flexibility index (Phi) is 4.94. The minimum absolute atomic E-state index is 0.259. The molecule has 1 aliphatic carbocycles. The first-order valence-electron chi connectivity index (χ1n) is 15.4. The van der Waals surface area contributed by atoms with Crippen LogP contribution in [0, 0.1) is 0 Å². The normalized spacial score (nSPS) is 13.7. The molecule has 10 rings (SSSR count). The molecular weight excluding hydrogens is 567 g/mol. The van der Waals surface area contributed by atoms with Gasteiger partial charge in [-0.05, 0) is 46.7 Å². The molecule has 0 radical (unpaired) electrons. The van der Waals surface area contributed by atoms with E-state index in [1.54, 1.807) is 0 Å². The molecule has 0 aliphatic heterocycles. The molecule has 3 aromatic heterocycles. The molecule has 0 bridgehead atoms. The second-order valence-electron chi connectivity index (χ2n) is 12.6. The van der Waals surface area contributed by atoms with Crippen LogP contribution in [0.1, 0.15) is 25.0 Å². The van der Waals surface area contributed by atoms with E-state index >= 15 is 0 Å². The molecule has 4 heteroatoms. The predicted molar refractivity (Wildman–Crippen MR) is 190 cm³/mol. The Labute approximate surface area is 264 Å². The van der Waals surface area contributed by atoms with Crippen molar-refractivity contribution in [1.82, 2.24) is 14.5 Å². The number of nitrogens with zero attached hydrogens (tertiary/aromatic N) is 3. The maximum Gasteiger partial charge on any atom is 0.235 e. The Balaban J connectivity index is 1.38. The molecule has 9 aromatic rings. The van der Waals surface area contributed by atoms with Crippen molar-refractivity contribution in [2.24, 2.45) is 0 Å². The zero-order valence-corrected chi connectivity index (χ0v) is 25.7. The molecule has 0 fully saturated rings. The molecule has 6 aromatic carbocycles. The van der Waals surface area contributed by atoms with Gasteiger partial charge in [0, 0.05) is 53.1 Å². The maximum absolute atomic E-state index is 5.61. The minimum atomic E-state index is -0.259. The number of aromatic nitrogens is 3. The van der Waals surface area contributed by atoms with Crippen LogP contribution in [0.4, 0.5) is 0 Å². The van der Waals surface area contributed by atoms with Crippen LogP contribution < -0.4 is 0 Å². The molecule has 3 heterocycles. The van der Waals surface area contributed by atoms with E-state index in [-0.39, 0.29) is 5.41 Å². The summed E-state index contributed by atoms with van der Waals surface area (Å²) < 4.78 is 4.85. The lowest BCUT2D eigenvalue weighted by atomic mass is 9.80. The van der Waals surface area contributed by atoms with E-state index in [0.717, 1.165) is 28.0 Å². The molecule has 0 atom stereocenters. The SMILES string of the molecule is CC1(C)c2ccccc2-c2nc(-n3c4ccccc4c4cc5ccccc5cc43)nc(-c3cccc4sc5ccccc5c34)c21. The van der Waals surface area contributed by atoms with Crippen LogP contribution in [0.25, 0.3) is 81.2 Å². The summed E-state index contributed by atoms with van der Waals surface area (Å²) in [5.41, 5.74) is 8.85. The van der Waals surface area contributed by atoms with Crippen molar-refractivity contribution >= 4 is 64.1 Å². The third-order valence-electron chi connectivity index (χ3n) is 9.78. The lowest BCUT2D eigenvalue weighted by Gasteiger charge is -2.24. The van der Waals surface area contributed by atoms with E-state index in [1.807, 2.05) is 11.3 Å². The highest BCUT2D eigenvalue weighted by Gasteiger charge is 2.40. The van der Waals surface area contributed by atoms with Crippen LogP contribution in [0.2, 0.25) is 0 Å². The number of benzene rings is 6. The zero-order valence-electron chi connectivity index (χ0n) is 24.9. The Bertz CT molecular complexity index is 2690. The monoisotopic (exact) mass is 593 g/mol. The van der Waals surface area contributed by atoms with Gasteiger partial charge in [0.2, 0.25) is 5.95 Å². The number of para-hydroxylation sites is 1. The van der Waals surface area contributed by atoms with Crippen molar-refractivity contribution in [3.05, 3.63) is 139 Å². The number of hydrogen-bond donors (Lipinski definition) is 0. The summed E-state index contributed by atoms with van der Waals surface area (Å²) in [7, 11) is 0. The van der Waals surface area contributed by atoms with E-state index in [9.17, 15) is 0 Å². The van der Waals surface area contributed by atoms with E-state index in [1.165, 1.54) is 58.4 Å². The van der Waals surface area contributed by atoms with Crippen molar-refractivity contribution in [2.45, 2.75) is 19.3 Å². The standard InChI is InChI=1S/C41H27N3S/c1-41(2)31-18-8-5-15-27(31)38-37(41)39(29-17-11-21-35-36(29)28-16-7-10-20-34(28)45-35)43-40(42-38)44-32-19-9-6-14-26(32)30-22-24-12-3-4-13-25(24)23-33(30)44/h3-23H,1-2H3. The third-order valence-corrected chi connectivity index (χ3v) is 10.9. The third kappa shape index (κ3) is 3.35. The summed E-state index contributed by atoms with van der Waals surface area (Å²) in [4.78, 5) is 11.1. The topological polar surface area (TPSA) is 30.7 Å². The van der Waals surface area contributed by atoms with Gasteiger partial charge in [-0.15, -0.1) is 11.3 Å². The average Bonchev–Trinajstić information content (AvgIpc) is 3.69. The smallest absolute Gasteiger partial charge is 0.235 e. The minimum Gasteiger partial charge on any atom is -0.278 e. The van der Waals surface area contributed by atoms with Gasteiger partial charge >= 0.3 is 0 Å². The Morgan fingerprint density at radius 1 is 0.556 bits per heavy atom. The van der Waals surface area contributed by atoms with E-state index in [4.69, 9.17) is 9.97 Å². The second kappa shape index (κ2) is 8.87. The molecule has 1 aliphatic rings. The molecule has 0 unspecified atom stereocenters. The number of thiophene rings is 1. The average molecular weight is 594 g/mol. The van der Waals surface area contributed by atoms with Crippen LogP contribution in [-0.2, 0) is 5.41 Å². The first-order chi connectivity index (χ1) is 22.1. The van der Waals surface area contributed by atoms with Gasteiger partial charge in [0.1, 0.15) is 0 Å². The van der Waals surface area contributed by atoms with E-state index in [2.05, 4.69) is 146 Å². The van der Waals surface area contributed by atoms with E-state index in [0.29, 0.717) is 5.95 Å². The van der Waals surface area contributed by atoms with Gasteiger partial charge in [-0.2, -0.15) is 0 Å². The summed E-state index contributed by atoms with van der Waals surface area (Å²) in [6.07, 6.45) is 0. The molecule has 0 saturated carbocycles. The van der Waals surface area contributed by atoms with Crippen molar-refractivity contribution in [3.8, 4) is 28.5 Å². The van der Waals surface area contributed by atoms with Crippen LogP contribution in [-0.4, -0.2) is 14.5 Å². The van der Waals surface area contributed by atoms with Crippen LogP contribution in [0.15, 0.2) is 127 Å². The fraction of sp³-hybridized carbons (Fsp3) is 0.0732. The van der Waals surface area contributed by atoms with Crippen molar-refractivity contribution < 1.29 is 0 Å². The van der Waals surface area contributed by atoms with Gasteiger partial charge in [-0.25, -0.2) is 9.97 Å². The Hall–Kier alpha value is -5.32. The molecular formula is C41H27N3S. The van der Waals surface area contributed by atoms with Gasteiger partial charge in [0.25, 0.3) is 0 Å². The fourth-order valence-electron chi connectivity index (χ4n) is 7.74. The van der Waals surface area contributed by atoms with E-state index < -0.39 is 0 Å². The van der Waals surface area contributed by atoms with Gasteiger partial charge in [0.05, 0.1) is 22.4 Å². The number of fused-ring (bicyclic) bond motifs is 10. The molecule has 0 N–H and O–H groups in total. The molecule has 0 saturated heterocycles. The summed E-state index contributed by atoms with van der Waals surface area (Å²) in [6.45, 7) is 4.64. The molecule has 212 valence electrons. The van der Waals surface area contributed by atoms with Crippen molar-refractivity contribution in [2.75, 3.05) is 0 Å². The van der Waals surface area contributed by atoms with Crippen LogP contribution in [0.5, 0.6) is 0 Å². The van der Waals surface area contributed by atoms with Crippen LogP contribution >= 0.6 is 11.3 Å². The van der Waals surface area contributed by atoms with Crippen molar-refractivity contribution in [1.29, 1.82) is 0 Å². The van der Waals surface area contributed by atoms with Gasteiger partial charge in [-0.3, -0.25) is 4.57 Å². The summed E-state index contributed by atoms with van der Waals surface area (Å²) in [5, 5.41) is 7.40. The highest BCUT2D eigenvalue weighted by atomic mass is 32.1. The zero-order chi connectivity index (χ0) is 29.9. The highest BCUT2D eigenvalue weighted by Crippen LogP contribution is 2.52.